The summed E-state index contributed by atoms with van der Waals surface area (Å²) in [4.78, 5) is 4.01. The highest BCUT2D eigenvalue weighted by molar-refractivity contribution is 9.10. The van der Waals surface area contributed by atoms with E-state index in [1.165, 1.54) is 12.3 Å². The van der Waals surface area contributed by atoms with E-state index in [-0.39, 0.29) is 10.9 Å². The fourth-order valence-corrected chi connectivity index (χ4v) is 3.39. The minimum absolute atomic E-state index is 0.143. The standard InChI is InChI=1S/C13H13BrN2O2S/c1-10(11-5-3-2-4-6-11)16-19(17,18)13-7-12(14)8-15-9-13/h2-10,16H,1H3/t10-/m1/s1. The lowest BCUT2D eigenvalue weighted by molar-refractivity contribution is 0.566. The Morgan fingerprint density at radius 3 is 2.53 bits per heavy atom. The summed E-state index contributed by atoms with van der Waals surface area (Å²) in [5, 5.41) is 0. The van der Waals surface area contributed by atoms with E-state index in [9.17, 15) is 8.42 Å². The smallest absolute Gasteiger partial charge is 0.242 e. The van der Waals surface area contributed by atoms with Gasteiger partial charge in [-0.15, -0.1) is 0 Å². The van der Waals surface area contributed by atoms with Gasteiger partial charge < -0.3 is 0 Å². The largest absolute Gasteiger partial charge is 0.262 e. The first-order chi connectivity index (χ1) is 8.99. The molecule has 2 aromatic rings. The molecule has 0 spiro atoms. The molecule has 0 amide bonds. The summed E-state index contributed by atoms with van der Waals surface area (Å²) < 4.78 is 27.6. The molecule has 2 rings (SSSR count). The van der Waals surface area contributed by atoms with E-state index in [2.05, 4.69) is 25.6 Å². The van der Waals surface area contributed by atoms with Gasteiger partial charge in [-0.05, 0) is 34.5 Å². The average molecular weight is 341 g/mol. The SMILES string of the molecule is C[C@@H](NS(=O)(=O)c1cncc(Br)c1)c1ccccc1. The molecule has 1 N–H and O–H groups in total. The van der Waals surface area contributed by atoms with Crippen LogP contribution in [0.3, 0.4) is 0 Å². The van der Waals surface area contributed by atoms with Gasteiger partial charge in [0, 0.05) is 22.9 Å². The maximum Gasteiger partial charge on any atom is 0.242 e. The zero-order chi connectivity index (χ0) is 13.9. The maximum absolute atomic E-state index is 12.2. The van der Waals surface area contributed by atoms with Gasteiger partial charge in [-0.1, -0.05) is 30.3 Å². The van der Waals surface area contributed by atoms with Crippen LogP contribution in [0.25, 0.3) is 0 Å². The van der Waals surface area contributed by atoms with Gasteiger partial charge in [0.1, 0.15) is 4.90 Å². The van der Waals surface area contributed by atoms with E-state index in [1.807, 2.05) is 30.3 Å². The highest BCUT2D eigenvalue weighted by Crippen LogP contribution is 2.18. The second-order valence-electron chi connectivity index (χ2n) is 4.09. The van der Waals surface area contributed by atoms with Gasteiger partial charge >= 0.3 is 0 Å². The summed E-state index contributed by atoms with van der Waals surface area (Å²) >= 11 is 3.21. The van der Waals surface area contributed by atoms with E-state index in [0.717, 1.165) is 5.56 Å². The molecule has 0 saturated heterocycles. The molecule has 0 saturated carbocycles. The first-order valence-electron chi connectivity index (χ1n) is 5.67. The maximum atomic E-state index is 12.2. The second-order valence-corrected chi connectivity index (χ2v) is 6.72. The van der Waals surface area contributed by atoms with Crippen LogP contribution >= 0.6 is 15.9 Å². The highest BCUT2D eigenvalue weighted by atomic mass is 79.9. The lowest BCUT2D eigenvalue weighted by atomic mass is 10.1. The van der Waals surface area contributed by atoms with Gasteiger partial charge in [-0.3, -0.25) is 4.98 Å². The number of benzene rings is 1. The number of halogens is 1. The number of aromatic nitrogens is 1. The summed E-state index contributed by atoms with van der Waals surface area (Å²) in [6, 6.07) is 10.6. The normalized spacial score (nSPS) is 13.2. The van der Waals surface area contributed by atoms with Gasteiger partial charge in [0.15, 0.2) is 0 Å². The molecule has 1 aromatic heterocycles. The summed E-state index contributed by atoms with van der Waals surface area (Å²) in [5.74, 6) is 0. The molecule has 6 heteroatoms. The fourth-order valence-electron chi connectivity index (χ4n) is 1.65. The van der Waals surface area contributed by atoms with Crippen molar-refractivity contribution in [1.29, 1.82) is 0 Å². The van der Waals surface area contributed by atoms with Gasteiger partial charge in [0.2, 0.25) is 10.0 Å². The minimum Gasteiger partial charge on any atom is -0.262 e. The predicted octanol–water partition coefficient (Wildman–Crippen LogP) is 2.88. The molecule has 1 heterocycles. The van der Waals surface area contributed by atoms with E-state index in [4.69, 9.17) is 0 Å². The van der Waals surface area contributed by atoms with Crippen LogP contribution in [0.2, 0.25) is 0 Å². The third-order valence-corrected chi connectivity index (χ3v) is 4.56. The van der Waals surface area contributed by atoms with Crippen LogP contribution in [-0.2, 0) is 10.0 Å². The second kappa shape index (κ2) is 5.81. The molecule has 1 aromatic carbocycles. The molecule has 0 aliphatic carbocycles. The molecule has 4 nitrogen and oxygen atoms in total. The predicted molar refractivity (Wildman–Crippen MR) is 77.1 cm³/mol. The Balaban J connectivity index is 2.23. The number of rotatable bonds is 4. The number of nitrogens with zero attached hydrogens (tertiary/aromatic N) is 1. The zero-order valence-electron chi connectivity index (χ0n) is 10.2. The molecule has 100 valence electrons. The number of sulfonamides is 1. The van der Waals surface area contributed by atoms with Gasteiger partial charge in [-0.25, -0.2) is 13.1 Å². The summed E-state index contributed by atoms with van der Waals surface area (Å²) in [5.41, 5.74) is 0.911. The van der Waals surface area contributed by atoms with E-state index in [1.54, 1.807) is 13.1 Å². The Hall–Kier alpha value is -1.24. The molecule has 19 heavy (non-hydrogen) atoms. The van der Waals surface area contributed by atoms with Crippen molar-refractivity contribution in [2.75, 3.05) is 0 Å². The van der Waals surface area contributed by atoms with Crippen LogP contribution in [0.15, 0.2) is 58.2 Å². The topological polar surface area (TPSA) is 59.1 Å². The van der Waals surface area contributed by atoms with Crippen LogP contribution in [0.5, 0.6) is 0 Å². The van der Waals surface area contributed by atoms with E-state index >= 15 is 0 Å². The molecular formula is C13H13BrN2O2S. The third kappa shape index (κ3) is 3.62. The Bertz CT molecular complexity index is 659. The molecule has 0 radical (unpaired) electrons. The number of pyridine rings is 1. The minimum atomic E-state index is -3.57. The molecular weight excluding hydrogens is 328 g/mol. The van der Waals surface area contributed by atoms with Crippen molar-refractivity contribution in [2.45, 2.75) is 17.9 Å². The van der Waals surface area contributed by atoms with Crippen molar-refractivity contribution >= 4 is 26.0 Å². The van der Waals surface area contributed by atoms with Crippen LogP contribution in [0.4, 0.5) is 0 Å². The molecule has 1 atom stereocenters. The van der Waals surface area contributed by atoms with Gasteiger partial charge in [-0.2, -0.15) is 0 Å². The van der Waals surface area contributed by atoms with Crippen molar-refractivity contribution in [3.05, 3.63) is 58.8 Å². The van der Waals surface area contributed by atoms with Crippen LogP contribution < -0.4 is 4.72 Å². The van der Waals surface area contributed by atoms with Crippen molar-refractivity contribution in [3.63, 3.8) is 0 Å². The van der Waals surface area contributed by atoms with E-state index in [0.29, 0.717) is 4.47 Å². The Kier molecular flexibility index (Phi) is 4.34. The monoisotopic (exact) mass is 340 g/mol. The molecule has 0 bridgehead atoms. The van der Waals surface area contributed by atoms with Crippen LogP contribution in [0.1, 0.15) is 18.5 Å². The van der Waals surface area contributed by atoms with Crippen molar-refractivity contribution in [3.8, 4) is 0 Å². The average Bonchev–Trinajstić information content (AvgIpc) is 2.39. The summed E-state index contributed by atoms with van der Waals surface area (Å²) in [6.45, 7) is 1.80. The number of nitrogens with one attached hydrogen (secondary N) is 1. The molecule has 0 unspecified atom stereocenters. The molecule has 0 fully saturated rings. The Morgan fingerprint density at radius 2 is 1.89 bits per heavy atom. The Morgan fingerprint density at radius 1 is 1.21 bits per heavy atom. The first-order valence-corrected chi connectivity index (χ1v) is 7.94. The fraction of sp³-hybridized carbons (Fsp3) is 0.154. The van der Waals surface area contributed by atoms with Gasteiger partial charge in [0.05, 0.1) is 0 Å². The summed E-state index contributed by atoms with van der Waals surface area (Å²) in [6.07, 6.45) is 2.87. The van der Waals surface area contributed by atoms with E-state index < -0.39 is 10.0 Å². The highest BCUT2D eigenvalue weighted by Gasteiger charge is 2.18. The number of hydrogen-bond donors (Lipinski definition) is 1. The van der Waals surface area contributed by atoms with Gasteiger partial charge in [0.25, 0.3) is 0 Å². The Labute approximate surface area is 121 Å². The number of hydrogen-bond acceptors (Lipinski definition) is 3. The van der Waals surface area contributed by atoms with Crippen LogP contribution in [0, 0.1) is 0 Å². The molecule has 0 aliphatic heterocycles. The quantitative estimate of drug-likeness (QED) is 0.930. The van der Waals surface area contributed by atoms with Crippen molar-refractivity contribution in [2.24, 2.45) is 0 Å². The third-order valence-electron chi connectivity index (χ3n) is 2.62. The lowest BCUT2D eigenvalue weighted by Crippen LogP contribution is -2.27. The van der Waals surface area contributed by atoms with Crippen molar-refractivity contribution in [1.82, 2.24) is 9.71 Å². The summed E-state index contributed by atoms with van der Waals surface area (Å²) in [7, 11) is -3.57. The van der Waals surface area contributed by atoms with Crippen molar-refractivity contribution < 1.29 is 8.42 Å². The lowest BCUT2D eigenvalue weighted by Gasteiger charge is -2.14. The zero-order valence-corrected chi connectivity index (χ0v) is 12.6. The van der Waals surface area contributed by atoms with Crippen LogP contribution in [-0.4, -0.2) is 13.4 Å². The first kappa shape index (κ1) is 14.2. The molecule has 0 aliphatic rings.